The molecule has 0 aliphatic rings. The fourth-order valence-electron chi connectivity index (χ4n) is 6.99. The molecular weight excluding hydrogens is 1560 g/mol. The average Bonchev–Trinajstić information content (AvgIpc) is 0.899. The molecule has 26 nitrogen and oxygen atoms in total. The Morgan fingerprint density at radius 3 is 0.451 bits per heavy atom. The molecule has 0 bridgehead atoms. The van der Waals surface area contributed by atoms with Gasteiger partial charge in [-0.2, -0.15) is 50.0 Å². The Balaban J connectivity index is -0.000000376. The van der Waals surface area contributed by atoms with E-state index in [4.69, 9.17) is 49.4 Å². The Bertz CT molecular complexity index is 3300. The van der Waals surface area contributed by atoms with Crippen molar-refractivity contribution in [2.24, 2.45) is 0 Å². The van der Waals surface area contributed by atoms with E-state index < -0.39 is 46.9 Å². The number of hydrogen-bond donors (Lipinski definition) is 0. The molecule has 0 saturated heterocycles. The number of nitrogens with zero attached hydrogens (tertiary/aromatic N) is 14. The van der Waals surface area contributed by atoms with Crippen LogP contribution in [0.15, 0.2) is 220 Å². The van der Waals surface area contributed by atoms with Crippen molar-refractivity contribution in [2.45, 2.75) is 89.3 Å². The summed E-state index contributed by atoms with van der Waals surface area (Å²) < 4.78 is 177. The summed E-state index contributed by atoms with van der Waals surface area (Å²) >= 11 is 0. The van der Waals surface area contributed by atoms with Gasteiger partial charge >= 0.3 is 67.7 Å². The van der Waals surface area contributed by atoms with Gasteiger partial charge < -0.3 is 30.1 Å². The van der Waals surface area contributed by atoms with E-state index in [1.165, 1.54) is 13.8 Å². The van der Waals surface area contributed by atoms with Crippen molar-refractivity contribution in [3.63, 3.8) is 0 Å². The summed E-state index contributed by atoms with van der Waals surface area (Å²) in [7, 11) is -18.3. The molecule has 9 aromatic heterocycles. The summed E-state index contributed by atoms with van der Waals surface area (Å²) in [6, 6.07) is 57.5. The van der Waals surface area contributed by atoms with Crippen molar-refractivity contribution in [1.29, 1.82) is 10.5 Å². The van der Waals surface area contributed by atoms with E-state index >= 15 is 0 Å². The first-order valence-corrected chi connectivity index (χ1v) is 31.4. The first-order valence-electron chi connectivity index (χ1n) is 27.2. The van der Waals surface area contributed by atoms with E-state index in [0.29, 0.717) is 0 Å². The summed E-state index contributed by atoms with van der Waals surface area (Å²) in [5.74, 6) is 0. The topological polar surface area (TPSA) is 430 Å². The van der Waals surface area contributed by atoms with Gasteiger partial charge in [-0.25, -0.2) is 25.3 Å². The van der Waals surface area contributed by atoms with E-state index in [1.807, 2.05) is 220 Å². The van der Waals surface area contributed by atoms with Crippen LogP contribution in [0.1, 0.15) is 65.1 Å². The monoisotopic (exact) mass is 1620 g/mol. The van der Waals surface area contributed by atoms with Gasteiger partial charge in [0.15, 0.2) is 30.4 Å². The molecule has 41 heteroatoms. The summed E-state index contributed by atoms with van der Waals surface area (Å²) in [4.78, 5) is 46.7. The van der Waals surface area contributed by atoms with E-state index in [9.17, 15) is 39.5 Å². The van der Waals surface area contributed by atoms with Crippen LogP contribution in [0.5, 0.6) is 0 Å². The van der Waals surface area contributed by atoms with Gasteiger partial charge in [0, 0.05) is 129 Å². The van der Waals surface area contributed by atoms with E-state index in [0.717, 1.165) is 110 Å². The maximum absolute atomic E-state index is 10.7. The smallest absolute Gasteiger partial charge is 2.00 e. The second kappa shape index (κ2) is 54.4. The Hall–Kier alpha value is -8.25. The zero-order valence-corrected chi connectivity index (χ0v) is 58.8. The Labute approximate surface area is 614 Å². The molecule has 9 aromatic rings. The molecule has 0 fully saturated rings. The van der Waals surface area contributed by atoms with Crippen LogP contribution >= 0.6 is 0 Å². The molecule has 0 saturated carbocycles. The molecule has 0 aliphatic carbocycles. The van der Waals surface area contributed by atoms with Gasteiger partial charge in [0.2, 0.25) is 0 Å². The average molecular weight is 1620 g/mol. The van der Waals surface area contributed by atoms with Crippen LogP contribution in [0.2, 0.25) is 0 Å². The molecule has 1 radical (unpaired) electrons. The summed E-state index contributed by atoms with van der Waals surface area (Å²) in [5, 5.41) is 14.6. The van der Waals surface area contributed by atoms with Crippen LogP contribution in [-0.4, -0.2) is 115 Å². The van der Waals surface area contributed by atoms with Gasteiger partial charge in [0.25, 0.3) is 0 Å². The molecule has 0 atom stereocenters. The number of rotatable bonds is 18. The van der Waals surface area contributed by atoms with Crippen LogP contribution in [0, 0.1) is 22.7 Å². The van der Waals surface area contributed by atoms with Crippen LogP contribution in [0.3, 0.4) is 0 Å². The van der Waals surface area contributed by atoms with E-state index in [-0.39, 0.29) is 67.6 Å². The SMILES string of the molecule is CC#N.CC#N.O=S(=O)([O-])C(F)(F)F.O=S(=O)([O-])C(F)(F)F.O=S(=O)([O-])C(F)(F)F.[Fe+3].[Fe+4].[Fe+4].[O-2].[O-2].[O-2].c1ccc(CN(Cc2ccccn2)Cc2ccccn2)nc1.c1ccc(CN(Cc2ccccn2)Cc2ccccn2)nc1.c1ccc(CN(Cc2ccccn2)Cc2ccccn2)nc1. The molecule has 0 aromatic carbocycles. The Morgan fingerprint density at radius 1 is 0.304 bits per heavy atom. The molecular formula is C61H60F9Fe3N14O12S3+2. The zero-order chi connectivity index (χ0) is 71.5. The van der Waals surface area contributed by atoms with Crippen LogP contribution in [0.4, 0.5) is 39.5 Å². The fraction of sp³-hybridized carbons (Fsp3) is 0.230. The largest absolute Gasteiger partial charge is 4.00 e. The third-order valence-electron chi connectivity index (χ3n) is 10.9. The van der Waals surface area contributed by atoms with Gasteiger partial charge in [-0.1, -0.05) is 54.6 Å². The standard InChI is InChI=1S/3C18H18N4.2C2H3N.3CHF3O3S.3Fe.3O/c3*1-4-10-19-16(7-1)13-22(14-17-8-2-5-11-20-17)15-18-9-3-6-12-21-18;2*1-2-3;3*2-1(3,4)8(5,6)7;;;;;;/h3*1-12H,13-15H2;2*1H3;3*(H,5,6,7);;;;;;/q;;;;;;;;+3;2*+4;3*-2/p-3. The first kappa shape index (κ1) is 102. The molecule has 0 N–H and O–H groups in total. The Kier molecular flexibility index (Phi) is 54.7. The second-order valence-electron chi connectivity index (χ2n) is 18.5. The molecule has 102 heavy (non-hydrogen) atoms. The number of nitriles is 2. The Morgan fingerprint density at radius 2 is 0.392 bits per heavy atom. The molecule has 549 valence electrons. The quantitative estimate of drug-likeness (QED) is 0.0333. The number of pyridine rings is 9. The number of hydrogen-bond acceptors (Lipinski definition) is 23. The molecule has 0 amide bonds. The van der Waals surface area contributed by atoms with Gasteiger partial charge in [0.1, 0.15) is 0 Å². The van der Waals surface area contributed by atoms with Crippen molar-refractivity contribution in [1.82, 2.24) is 59.6 Å². The summed E-state index contributed by atoms with van der Waals surface area (Å²) in [6.07, 6.45) is 16.5. The minimum absolute atomic E-state index is 0. The molecule has 9 heterocycles. The third kappa shape index (κ3) is 47.0. The van der Waals surface area contributed by atoms with E-state index in [2.05, 4.69) is 59.6 Å². The van der Waals surface area contributed by atoms with Crippen molar-refractivity contribution < 1.29 is 146 Å². The predicted octanol–water partition coefficient (Wildman–Crippen LogP) is 10.1. The normalized spacial score (nSPS) is 10.4. The minimum Gasteiger partial charge on any atom is -2.00 e. The molecule has 0 spiro atoms. The predicted molar refractivity (Wildman–Crippen MR) is 329 cm³/mol. The van der Waals surface area contributed by atoms with Crippen molar-refractivity contribution >= 4 is 30.4 Å². The van der Waals surface area contributed by atoms with Crippen LogP contribution < -0.4 is 0 Å². The van der Waals surface area contributed by atoms with Crippen LogP contribution in [-0.2, 0) is 157 Å². The van der Waals surface area contributed by atoms with Crippen molar-refractivity contribution in [2.75, 3.05) is 0 Å². The van der Waals surface area contributed by atoms with Crippen molar-refractivity contribution in [3.8, 4) is 12.1 Å². The van der Waals surface area contributed by atoms with Crippen molar-refractivity contribution in [3.05, 3.63) is 271 Å². The first-order chi connectivity index (χ1) is 45.3. The number of halogens is 9. The van der Waals surface area contributed by atoms with Gasteiger partial charge in [-0.15, -0.1) is 0 Å². The fourth-order valence-corrected chi connectivity index (χ4v) is 6.99. The number of alkyl halides is 9. The second-order valence-corrected chi connectivity index (χ2v) is 22.6. The maximum atomic E-state index is 10.7. The van der Waals surface area contributed by atoms with Gasteiger partial charge in [0.05, 0.1) is 63.4 Å². The number of aromatic nitrogens is 9. The summed E-state index contributed by atoms with van der Waals surface area (Å²) in [5.41, 5.74) is -7.48. The zero-order valence-electron chi connectivity index (χ0n) is 53.0. The minimum atomic E-state index is -6.09. The summed E-state index contributed by atoms with van der Waals surface area (Å²) in [6.45, 7) is 9.81. The molecule has 0 aliphatic heterocycles. The molecule has 0 unspecified atom stereocenters. The third-order valence-corrected chi connectivity index (χ3v) is 12.6. The van der Waals surface area contributed by atoms with E-state index in [1.54, 1.807) is 12.1 Å². The van der Waals surface area contributed by atoms with Gasteiger partial charge in [-0.3, -0.25) is 59.6 Å². The maximum Gasteiger partial charge on any atom is 4.00 e. The van der Waals surface area contributed by atoms with Gasteiger partial charge in [-0.05, 0) is 109 Å². The van der Waals surface area contributed by atoms with Crippen LogP contribution in [0.25, 0.3) is 0 Å². The molecule has 9 rings (SSSR count).